The minimum atomic E-state index is -5.36. The van der Waals surface area contributed by atoms with Crippen molar-refractivity contribution < 1.29 is 32.5 Å². The van der Waals surface area contributed by atoms with Crippen molar-refractivity contribution in [2.45, 2.75) is 11.6 Å². The second kappa shape index (κ2) is 5.07. The van der Waals surface area contributed by atoms with Gasteiger partial charge in [-0.1, -0.05) is 0 Å². The molecular formula is C15H10F3N3O4. The van der Waals surface area contributed by atoms with Crippen molar-refractivity contribution in [1.82, 2.24) is 4.98 Å². The first-order chi connectivity index (χ1) is 11.7. The second-order valence-corrected chi connectivity index (χ2v) is 5.25. The second-order valence-electron chi connectivity index (χ2n) is 5.25. The lowest BCUT2D eigenvalue weighted by Crippen LogP contribution is -2.53. The van der Waals surface area contributed by atoms with E-state index < -0.39 is 40.5 Å². The summed E-state index contributed by atoms with van der Waals surface area (Å²) in [6.45, 7) is 0. The normalized spacial score (nSPS) is 20.0. The average molecular weight is 353 g/mol. The van der Waals surface area contributed by atoms with Gasteiger partial charge < -0.3 is 25.3 Å². The summed E-state index contributed by atoms with van der Waals surface area (Å²) in [6, 6.07) is 5.35. The third-order valence-electron chi connectivity index (χ3n) is 4.04. The molecule has 10 heteroatoms. The molecule has 0 amide bonds. The predicted molar refractivity (Wildman–Crippen MR) is 77.7 cm³/mol. The molecule has 25 heavy (non-hydrogen) atoms. The van der Waals surface area contributed by atoms with Crippen molar-refractivity contribution in [3.05, 3.63) is 35.2 Å². The number of aromatic nitrogens is 1. The number of H-pyrrole nitrogens is 1. The molecule has 4 N–H and O–H groups in total. The van der Waals surface area contributed by atoms with E-state index in [1.807, 2.05) is 0 Å². The predicted octanol–water partition coefficient (Wildman–Crippen LogP) is 2.15. The molecular weight excluding hydrogens is 343 g/mol. The Labute approximate surface area is 138 Å². The topological polar surface area (TPSA) is 121 Å². The number of benzene rings is 1. The summed E-state index contributed by atoms with van der Waals surface area (Å²) in [7, 11) is 1.31. The molecule has 0 saturated heterocycles. The molecule has 1 aliphatic heterocycles. The number of nitrogens with two attached hydrogens (primary N) is 1. The van der Waals surface area contributed by atoms with Gasteiger partial charge in [-0.05, 0) is 18.2 Å². The standard InChI is InChI=1S/C15H10F3N3O4/c1-24-6-2-3-9-7(4-6)10-12(21-9)25-11(20)8(5-19)14(10,13(22)23)15(16,17)18/h2-4,21H,20H2,1H3,(H,22,23)/t14-/m1/s1. The molecule has 130 valence electrons. The van der Waals surface area contributed by atoms with Gasteiger partial charge in [0, 0.05) is 10.9 Å². The minimum absolute atomic E-state index is 0.102. The number of halogens is 3. The van der Waals surface area contributed by atoms with E-state index in [0.717, 1.165) is 0 Å². The van der Waals surface area contributed by atoms with Gasteiger partial charge in [0.15, 0.2) is 0 Å². The van der Waals surface area contributed by atoms with E-state index in [2.05, 4.69) is 4.98 Å². The Kier molecular flexibility index (Phi) is 3.35. The molecule has 1 atom stereocenters. The van der Waals surface area contributed by atoms with Gasteiger partial charge in [0.05, 0.1) is 12.7 Å². The van der Waals surface area contributed by atoms with Crippen LogP contribution in [0.2, 0.25) is 0 Å². The number of ether oxygens (including phenoxy) is 2. The highest BCUT2D eigenvalue weighted by molar-refractivity contribution is 5.99. The molecule has 0 radical (unpaired) electrons. The van der Waals surface area contributed by atoms with Gasteiger partial charge in [0.2, 0.25) is 17.2 Å². The first-order valence-corrected chi connectivity index (χ1v) is 6.77. The smallest absolute Gasteiger partial charge is 0.414 e. The zero-order valence-electron chi connectivity index (χ0n) is 12.6. The summed E-state index contributed by atoms with van der Waals surface area (Å²) in [6.07, 6.45) is -5.36. The number of carboxylic acid groups (broad SMARTS) is 1. The molecule has 1 aromatic heterocycles. The molecule has 2 aromatic rings. The largest absolute Gasteiger partial charge is 0.497 e. The number of carboxylic acids is 1. The summed E-state index contributed by atoms with van der Waals surface area (Å²) < 4.78 is 52.1. The first-order valence-electron chi connectivity index (χ1n) is 6.77. The third kappa shape index (κ3) is 1.95. The number of fused-ring (bicyclic) bond motifs is 3. The van der Waals surface area contributed by atoms with Crippen LogP contribution in [0.5, 0.6) is 11.6 Å². The lowest BCUT2D eigenvalue weighted by molar-refractivity contribution is -0.197. The van der Waals surface area contributed by atoms with E-state index in [1.165, 1.54) is 31.4 Å². The average Bonchev–Trinajstić information content (AvgIpc) is 2.88. The van der Waals surface area contributed by atoms with Gasteiger partial charge in [-0.25, -0.2) is 0 Å². The Hall–Kier alpha value is -3.35. The van der Waals surface area contributed by atoms with Crippen molar-refractivity contribution in [2.75, 3.05) is 7.11 Å². The molecule has 3 rings (SSSR count). The van der Waals surface area contributed by atoms with E-state index in [-0.39, 0.29) is 16.7 Å². The van der Waals surface area contributed by atoms with Crippen LogP contribution in [-0.2, 0) is 10.2 Å². The van der Waals surface area contributed by atoms with Gasteiger partial charge in [-0.3, -0.25) is 4.79 Å². The van der Waals surface area contributed by atoms with Crippen LogP contribution in [0.4, 0.5) is 13.2 Å². The van der Waals surface area contributed by atoms with Crippen molar-refractivity contribution in [3.63, 3.8) is 0 Å². The van der Waals surface area contributed by atoms with Gasteiger partial charge in [-0.2, -0.15) is 18.4 Å². The number of alkyl halides is 3. The Bertz CT molecular complexity index is 971. The maximum absolute atomic E-state index is 14.0. The van der Waals surface area contributed by atoms with E-state index >= 15 is 0 Å². The van der Waals surface area contributed by atoms with E-state index in [9.17, 15) is 28.3 Å². The Morgan fingerprint density at radius 3 is 2.68 bits per heavy atom. The Morgan fingerprint density at radius 2 is 2.16 bits per heavy atom. The summed E-state index contributed by atoms with van der Waals surface area (Å²) >= 11 is 0. The van der Waals surface area contributed by atoms with Crippen LogP contribution in [0.1, 0.15) is 5.56 Å². The third-order valence-corrected chi connectivity index (χ3v) is 4.04. The van der Waals surface area contributed by atoms with E-state index in [4.69, 9.17) is 15.2 Å². The van der Waals surface area contributed by atoms with Crippen LogP contribution in [0.25, 0.3) is 10.9 Å². The number of aliphatic carboxylic acids is 1. The molecule has 0 fully saturated rings. The highest BCUT2D eigenvalue weighted by Crippen LogP contribution is 2.55. The van der Waals surface area contributed by atoms with Crippen LogP contribution in [0.3, 0.4) is 0 Å². The lowest BCUT2D eigenvalue weighted by atomic mass is 9.72. The first kappa shape index (κ1) is 16.5. The Morgan fingerprint density at radius 1 is 1.48 bits per heavy atom. The minimum Gasteiger partial charge on any atom is -0.497 e. The summed E-state index contributed by atoms with van der Waals surface area (Å²) in [5, 5.41) is 18.6. The summed E-state index contributed by atoms with van der Waals surface area (Å²) in [5.41, 5.74) is -0.0458. The number of hydrogen-bond donors (Lipinski definition) is 3. The molecule has 0 saturated carbocycles. The van der Waals surface area contributed by atoms with Crippen LogP contribution < -0.4 is 15.2 Å². The molecule has 0 aliphatic carbocycles. The number of hydrogen-bond acceptors (Lipinski definition) is 5. The number of methoxy groups -OCH3 is 1. The van der Waals surface area contributed by atoms with Crippen LogP contribution in [0, 0.1) is 11.3 Å². The maximum atomic E-state index is 14.0. The molecule has 1 aliphatic rings. The van der Waals surface area contributed by atoms with Crippen LogP contribution >= 0.6 is 0 Å². The highest BCUT2D eigenvalue weighted by Gasteiger charge is 2.69. The maximum Gasteiger partial charge on any atom is 0.414 e. The van der Waals surface area contributed by atoms with Gasteiger partial charge >= 0.3 is 12.1 Å². The molecule has 1 aromatic carbocycles. The number of aromatic amines is 1. The van der Waals surface area contributed by atoms with Crippen molar-refractivity contribution in [3.8, 4) is 17.7 Å². The van der Waals surface area contributed by atoms with Gasteiger partial charge in [-0.15, -0.1) is 0 Å². The Balaban J connectivity index is 2.53. The fourth-order valence-corrected chi connectivity index (χ4v) is 2.95. The highest BCUT2D eigenvalue weighted by atomic mass is 19.4. The quantitative estimate of drug-likeness (QED) is 0.760. The zero-order valence-corrected chi connectivity index (χ0v) is 12.6. The molecule has 0 spiro atoms. The number of rotatable bonds is 2. The number of nitrogens with one attached hydrogen (secondary N) is 1. The molecule has 0 unspecified atom stereocenters. The fourth-order valence-electron chi connectivity index (χ4n) is 2.95. The lowest BCUT2D eigenvalue weighted by Gasteiger charge is -2.34. The fraction of sp³-hybridized carbons (Fsp3) is 0.200. The summed E-state index contributed by atoms with van der Waals surface area (Å²) in [4.78, 5) is 14.4. The van der Waals surface area contributed by atoms with Gasteiger partial charge in [0.25, 0.3) is 0 Å². The van der Waals surface area contributed by atoms with Crippen molar-refractivity contribution >= 4 is 16.9 Å². The molecule has 0 bridgehead atoms. The summed E-state index contributed by atoms with van der Waals surface area (Å²) in [5.74, 6) is -3.49. The molecule has 2 heterocycles. The number of nitrogens with zero attached hydrogens (tertiary/aromatic N) is 1. The van der Waals surface area contributed by atoms with Crippen molar-refractivity contribution in [2.24, 2.45) is 5.73 Å². The van der Waals surface area contributed by atoms with Crippen LogP contribution in [0.15, 0.2) is 29.7 Å². The van der Waals surface area contributed by atoms with Gasteiger partial charge in [0.1, 0.15) is 17.4 Å². The monoisotopic (exact) mass is 353 g/mol. The number of nitriles is 1. The van der Waals surface area contributed by atoms with Crippen LogP contribution in [-0.4, -0.2) is 29.3 Å². The SMILES string of the molecule is COc1ccc2[nH]c3c(c2c1)[C@](C(=O)O)(C(F)(F)F)C(C#N)=C(N)O3. The van der Waals surface area contributed by atoms with E-state index in [1.54, 1.807) is 0 Å². The number of carbonyl (C=O) groups is 1. The molecule has 7 nitrogen and oxygen atoms in total. The van der Waals surface area contributed by atoms with Crippen molar-refractivity contribution in [1.29, 1.82) is 5.26 Å². The zero-order chi connectivity index (χ0) is 18.6. The van der Waals surface area contributed by atoms with E-state index in [0.29, 0.717) is 0 Å².